The summed E-state index contributed by atoms with van der Waals surface area (Å²) in [5.74, 6) is -0.733. The molecule has 0 saturated carbocycles. The van der Waals surface area contributed by atoms with Gasteiger partial charge in [0.05, 0.1) is 19.7 Å². The third-order valence-corrected chi connectivity index (χ3v) is 5.25. The van der Waals surface area contributed by atoms with Crippen molar-refractivity contribution in [2.75, 3.05) is 13.7 Å². The minimum Gasteiger partial charge on any atom is -0.497 e. The number of hydrogen-bond donors (Lipinski definition) is 3. The van der Waals surface area contributed by atoms with E-state index in [1.165, 1.54) is 0 Å². The van der Waals surface area contributed by atoms with Crippen molar-refractivity contribution in [2.24, 2.45) is 0 Å². The quantitative estimate of drug-likeness (QED) is 0.692. The highest BCUT2D eigenvalue weighted by Gasteiger charge is 2.35. The third-order valence-electron chi connectivity index (χ3n) is 5.25. The Morgan fingerprint density at radius 3 is 2.64 bits per heavy atom. The molecular weight excluding hydrogens is 356 g/mol. The van der Waals surface area contributed by atoms with Crippen molar-refractivity contribution in [1.29, 1.82) is 0 Å². The van der Waals surface area contributed by atoms with Crippen LogP contribution in [0.3, 0.4) is 0 Å². The number of amides is 2. The molecule has 2 amide bonds. The molecule has 0 radical (unpaired) electrons. The minimum absolute atomic E-state index is 0.0156. The third kappa shape index (κ3) is 4.34. The Morgan fingerprint density at radius 2 is 1.93 bits per heavy atom. The smallest absolute Gasteiger partial charge is 0.309 e. The Balaban J connectivity index is 1.62. The van der Waals surface area contributed by atoms with E-state index >= 15 is 0 Å². The van der Waals surface area contributed by atoms with E-state index in [1.54, 1.807) is 13.2 Å². The highest BCUT2D eigenvalue weighted by molar-refractivity contribution is 6.35. The van der Waals surface area contributed by atoms with Gasteiger partial charge in [-0.2, -0.15) is 0 Å². The predicted molar refractivity (Wildman–Crippen MR) is 106 cm³/mol. The first-order valence-electron chi connectivity index (χ1n) is 9.46. The van der Waals surface area contributed by atoms with Crippen molar-refractivity contribution < 1.29 is 19.4 Å². The van der Waals surface area contributed by atoms with Crippen LogP contribution in [0.2, 0.25) is 0 Å². The maximum Gasteiger partial charge on any atom is 0.309 e. The van der Waals surface area contributed by atoms with E-state index in [0.29, 0.717) is 6.42 Å². The highest BCUT2D eigenvalue weighted by Crippen LogP contribution is 2.36. The Kier molecular flexibility index (Phi) is 5.99. The Bertz CT molecular complexity index is 853. The number of aryl methyl sites for hydroxylation is 1. The number of hydrogen-bond acceptors (Lipinski definition) is 4. The number of carbonyl (C=O) groups is 2. The number of fused-ring (bicyclic) bond motifs is 1. The summed E-state index contributed by atoms with van der Waals surface area (Å²) < 4.78 is 5.25. The molecule has 0 aliphatic heterocycles. The second-order valence-corrected chi connectivity index (χ2v) is 7.20. The number of benzene rings is 2. The van der Waals surface area contributed by atoms with Crippen LogP contribution in [0.5, 0.6) is 5.75 Å². The molecule has 2 aromatic rings. The Hall–Kier alpha value is -2.86. The van der Waals surface area contributed by atoms with Crippen molar-refractivity contribution in [3.63, 3.8) is 0 Å². The second kappa shape index (κ2) is 8.44. The lowest BCUT2D eigenvalue weighted by atomic mass is 9.79. The van der Waals surface area contributed by atoms with Crippen LogP contribution in [-0.4, -0.2) is 30.6 Å². The normalized spacial score (nSPS) is 19.2. The first kappa shape index (κ1) is 19.9. The van der Waals surface area contributed by atoms with Crippen LogP contribution >= 0.6 is 0 Å². The minimum atomic E-state index is -1.19. The molecule has 2 atom stereocenters. The van der Waals surface area contributed by atoms with Gasteiger partial charge in [0.25, 0.3) is 0 Å². The molecule has 6 heteroatoms. The highest BCUT2D eigenvalue weighted by atomic mass is 16.5. The molecular formula is C22H26N2O4. The van der Waals surface area contributed by atoms with E-state index in [-0.39, 0.29) is 12.6 Å². The van der Waals surface area contributed by atoms with Crippen LogP contribution in [-0.2, 0) is 21.6 Å². The standard InChI is InChI=1S/C22H26N2O4/c1-15(16-7-4-3-5-8-16)24-21(26)20(25)23-14-22(27)12-6-9-17-13-18(28-2)10-11-19(17)22/h3-5,7-8,10-11,13,15,27H,6,9,12,14H2,1-2H3,(H,23,25)(H,24,26). The topological polar surface area (TPSA) is 87.7 Å². The molecule has 3 N–H and O–H groups in total. The zero-order chi connectivity index (χ0) is 20.1. The molecule has 28 heavy (non-hydrogen) atoms. The predicted octanol–water partition coefficient (Wildman–Crippen LogP) is 2.21. The molecule has 0 spiro atoms. The molecule has 3 rings (SSSR count). The van der Waals surface area contributed by atoms with Gasteiger partial charge in [-0.15, -0.1) is 0 Å². The average molecular weight is 382 g/mol. The molecule has 1 aliphatic rings. The van der Waals surface area contributed by atoms with E-state index in [1.807, 2.05) is 49.4 Å². The van der Waals surface area contributed by atoms with E-state index in [9.17, 15) is 14.7 Å². The van der Waals surface area contributed by atoms with Gasteiger partial charge in [0.1, 0.15) is 11.4 Å². The van der Waals surface area contributed by atoms with Crippen molar-refractivity contribution in [2.45, 2.75) is 37.8 Å². The summed E-state index contributed by atoms with van der Waals surface area (Å²) in [6, 6.07) is 14.7. The summed E-state index contributed by atoms with van der Waals surface area (Å²) >= 11 is 0. The van der Waals surface area contributed by atoms with Gasteiger partial charge in [-0.05, 0) is 55.0 Å². The van der Waals surface area contributed by atoms with Crippen molar-refractivity contribution in [3.8, 4) is 5.75 Å². The average Bonchev–Trinajstić information content (AvgIpc) is 2.72. The van der Waals surface area contributed by atoms with Crippen LogP contribution < -0.4 is 15.4 Å². The summed E-state index contributed by atoms with van der Waals surface area (Å²) in [6.07, 6.45) is 2.16. The lowest BCUT2D eigenvalue weighted by Crippen LogP contribution is -2.47. The fraction of sp³-hybridized carbons (Fsp3) is 0.364. The van der Waals surface area contributed by atoms with Crippen LogP contribution in [0, 0.1) is 0 Å². The van der Waals surface area contributed by atoms with E-state index in [0.717, 1.165) is 35.3 Å². The van der Waals surface area contributed by atoms with E-state index in [4.69, 9.17) is 4.74 Å². The van der Waals surface area contributed by atoms with Gasteiger partial charge in [0, 0.05) is 0 Å². The van der Waals surface area contributed by atoms with Crippen molar-refractivity contribution >= 4 is 11.8 Å². The molecule has 2 unspecified atom stereocenters. The zero-order valence-corrected chi connectivity index (χ0v) is 16.2. The molecule has 2 aromatic carbocycles. The number of carbonyl (C=O) groups excluding carboxylic acids is 2. The summed E-state index contributed by atoms with van der Waals surface area (Å²) in [4.78, 5) is 24.5. The van der Waals surface area contributed by atoms with Crippen LogP contribution in [0.1, 0.15) is 42.5 Å². The molecule has 148 valence electrons. The van der Waals surface area contributed by atoms with E-state index in [2.05, 4.69) is 10.6 Å². The van der Waals surface area contributed by atoms with Gasteiger partial charge in [-0.1, -0.05) is 36.4 Å². The number of methoxy groups -OCH3 is 1. The SMILES string of the molecule is COc1ccc2c(c1)CCCC2(O)CNC(=O)C(=O)NC(C)c1ccccc1. The van der Waals surface area contributed by atoms with Crippen molar-refractivity contribution in [3.05, 3.63) is 65.2 Å². The molecule has 0 heterocycles. The van der Waals surface area contributed by atoms with Crippen molar-refractivity contribution in [1.82, 2.24) is 10.6 Å². The Labute approximate surface area is 164 Å². The first-order chi connectivity index (χ1) is 13.4. The first-order valence-corrected chi connectivity index (χ1v) is 9.46. The monoisotopic (exact) mass is 382 g/mol. The number of ether oxygens (including phenoxy) is 1. The number of rotatable bonds is 5. The van der Waals surface area contributed by atoms with Gasteiger partial charge < -0.3 is 20.5 Å². The van der Waals surface area contributed by atoms with Crippen LogP contribution in [0.25, 0.3) is 0 Å². The molecule has 0 aromatic heterocycles. The van der Waals surface area contributed by atoms with Gasteiger partial charge >= 0.3 is 11.8 Å². The van der Waals surface area contributed by atoms with Gasteiger partial charge in [0.15, 0.2) is 0 Å². The number of aliphatic hydroxyl groups is 1. The second-order valence-electron chi connectivity index (χ2n) is 7.20. The van der Waals surface area contributed by atoms with Crippen LogP contribution in [0.4, 0.5) is 0 Å². The van der Waals surface area contributed by atoms with E-state index < -0.39 is 17.4 Å². The van der Waals surface area contributed by atoms with Gasteiger partial charge in [-0.3, -0.25) is 9.59 Å². The molecule has 1 aliphatic carbocycles. The molecule has 0 bridgehead atoms. The lowest BCUT2D eigenvalue weighted by Gasteiger charge is -2.34. The molecule has 0 saturated heterocycles. The summed E-state index contributed by atoms with van der Waals surface area (Å²) in [6.45, 7) is 1.80. The summed E-state index contributed by atoms with van der Waals surface area (Å²) in [7, 11) is 1.60. The fourth-order valence-electron chi connectivity index (χ4n) is 3.64. The van der Waals surface area contributed by atoms with Crippen LogP contribution in [0.15, 0.2) is 48.5 Å². The Morgan fingerprint density at radius 1 is 1.18 bits per heavy atom. The zero-order valence-electron chi connectivity index (χ0n) is 16.2. The maximum atomic E-state index is 12.3. The summed E-state index contributed by atoms with van der Waals surface area (Å²) in [5, 5.41) is 16.4. The number of nitrogens with one attached hydrogen (secondary N) is 2. The molecule has 0 fully saturated rings. The van der Waals surface area contributed by atoms with Gasteiger partial charge in [-0.25, -0.2) is 0 Å². The summed E-state index contributed by atoms with van der Waals surface area (Å²) in [5.41, 5.74) is 1.50. The molecule has 6 nitrogen and oxygen atoms in total. The maximum absolute atomic E-state index is 12.3. The fourth-order valence-corrected chi connectivity index (χ4v) is 3.64. The largest absolute Gasteiger partial charge is 0.497 e. The van der Waals surface area contributed by atoms with Gasteiger partial charge in [0.2, 0.25) is 0 Å². The lowest BCUT2D eigenvalue weighted by molar-refractivity contribution is -0.140.